The van der Waals surface area contributed by atoms with Crippen molar-refractivity contribution >= 4 is 10.0 Å². The molecule has 1 aliphatic heterocycles. The van der Waals surface area contributed by atoms with E-state index in [0.29, 0.717) is 24.5 Å². The molecule has 1 aliphatic rings. The Labute approximate surface area is 128 Å². The number of hydrogen-bond acceptors (Lipinski definition) is 3. The molecule has 0 aromatic heterocycles. The minimum Gasteiger partial charge on any atom is -0.314 e. The molecule has 1 heterocycles. The first-order valence-electron chi connectivity index (χ1n) is 7.49. The van der Waals surface area contributed by atoms with Gasteiger partial charge in [0.25, 0.3) is 0 Å². The van der Waals surface area contributed by atoms with E-state index in [1.54, 1.807) is 4.31 Å². The summed E-state index contributed by atoms with van der Waals surface area (Å²) >= 11 is 0. The van der Waals surface area contributed by atoms with Crippen molar-refractivity contribution in [3.63, 3.8) is 0 Å². The Hall–Kier alpha value is -0.910. The summed E-state index contributed by atoms with van der Waals surface area (Å²) in [5.74, 6) is 0. The van der Waals surface area contributed by atoms with E-state index in [-0.39, 0.29) is 6.04 Å². The number of benzene rings is 1. The molecular weight excluding hydrogens is 284 g/mol. The Morgan fingerprint density at radius 2 is 1.43 bits per heavy atom. The quantitative estimate of drug-likeness (QED) is 0.911. The highest BCUT2D eigenvalue weighted by Crippen LogP contribution is 2.32. The van der Waals surface area contributed by atoms with Gasteiger partial charge in [0, 0.05) is 25.7 Å². The fourth-order valence-corrected chi connectivity index (χ4v) is 5.34. The lowest BCUT2D eigenvalue weighted by atomic mass is 9.95. The second-order valence-corrected chi connectivity index (χ2v) is 7.95. The molecule has 1 N–H and O–H groups in total. The van der Waals surface area contributed by atoms with Gasteiger partial charge in [0.15, 0.2) is 0 Å². The van der Waals surface area contributed by atoms with E-state index < -0.39 is 10.0 Å². The monoisotopic (exact) mass is 310 g/mol. The van der Waals surface area contributed by atoms with Gasteiger partial charge in [-0.1, -0.05) is 0 Å². The maximum atomic E-state index is 13.2. The molecule has 0 spiro atoms. The molecule has 0 radical (unpaired) electrons. The van der Waals surface area contributed by atoms with E-state index in [4.69, 9.17) is 0 Å². The first-order valence-corrected chi connectivity index (χ1v) is 8.93. The molecule has 1 aromatic rings. The van der Waals surface area contributed by atoms with Crippen LogP contribution in [0.5, 0.6) is 0 Å². The first kappa shape index (κ1) is 16.5. The average Bonchev–Trinajstić information content (AvgIpc) is 2.43. The largest absolute Gasteiger partial charge is 0.314 e. The fourth-order valence-electron chi connectivity index (χ4n) is 3.15. The van der Waals surface area contributed by atoms with Gasteiger partial charge in [0.2, 0.25) is 10.0 Å². The van der Waals surface area contributed by atoms with Crippen LogP contribution in [0.4, 0.5) is 0 Å². The Bertz CT molecular complexity index is 636. The zero-order valence-corrected chi connectivity index (χ0v) is 14.7. The van der Waals surface area contributed by atoms with E-state index >= 15 is 0 Å². The van der Waals surface area contributed by atoms with Crippen molar-refractivity contribution in [1.29, 1.82) is 0 Å². The maximum absolute atomic E-state index is 13.2. The third-order valence-corrected chi connectivity index (χ3v) is 7.23. The molecule has 4 nitrogen and oxygen atoms in total. The van der Waals surface area contributed by atoms with Gasteiger partial charge in [-0.15, -0.1) is 0 Å². The van der Waals surface area contributed by atoms with Crippen LogP contribution in [-0.4, -0.2) is 38.4 Å². The summed E-state index contributed by atoms with van der Waals surface area (Å²) in [7, 11) is -3.44. The second kappa shape index (κ2) is 5.71. The lowest BCUT2D eigenvalue weighted by Crippen LogP contribution is -2.52. The SMILES string of the molecule is Cc1c(C)c(C)c(S(=O)(=O)N2CCNC[C@@H]2C)c(C)c1C. The molecule has 1 saturated heterocycles. The van der Waals surface area contributed by atoms with Gasteiger partial charge in [0.05, 0.1) is 4.90 Å². The zero-order chi connectivity index (χ0) is 15.9. The lowest BCUT2D eigenvalue weighted by molar-refractivity contribution is 0.283. The first-order chi connectivity index (χ1) is 9.69. The van der Waals surface area contributed by atoms with E-state index in [2.05, 4.69) is 12.2 Å². The van der Waals surface area contributed by atoms with Crippen LogP contribution in [0, 0.1) is 34.6 Å². The Morgan fingerprint density at radius 1 is 0.952 bits per heavy atom. The van der Waals surface area contributed by atoms with Crippen LogP contribution in [0.2, 0.25) is 0 Å². The number of sulfonamides is 1. The molecule has 0 aliphatic carbocycles. The van der Waals surface area contributed by atoms with Gasteiger partial charge in [-0.2, -0.15) is 4.31 Å². The summed E-state index contributed by atoms with van der Waals surface area (Å²) in [6, 6.07) is -0.00975. The predicted octanol–water partition coefficient (Wildman–Crippen LogP) is 2.21. The summed E-state index contributed by atoms with van der Waals surface area (Å²) < 4.78 is 28.0. The number of nitrogens with one attached hydrogen (secondary N) is 1. The van der Waals surface area contributed by atoms with E-state index in [1.807, 2.05) is 34.6 Å². The second-order valence-electron chi connectivity index (χ2n) is 6.12. The van der Waals surface area contributed by atoms with Crippen molar-refractivity contribution in [3.8, 4) is 0 Å². The molecule has 0 bridgehead atoms. The third-order valence-electron chi connectivity index (χ3n) is 4.94. The van der Waals surface area contributed by atoms with Crippen LogP contribution in [0.25, 0.3) is 0 Å². The minimum atomic E-state index is -3.44. The van der Waals surface area contributed by atoms with Gasteiger partial charge in [-0.25, -0.2) is 8.42 Å². The molecule has 2 rings (SSSR count). The van der Waals surface area contributed by atoms with Crippen molar-refractivity contribution in [2.24, 2.45) is 0 Å². The molecule has 0 amide bonds. The van der Waals surface area contributed by atoms with E-state index in [1.165, 1.54) is 5.56 Å². The van der Waals surface area contributed by atoms with Crippen LogP contribution in [-0.2, 0) is 10.0 Å². The number of rotatable bonds is 2. The molecule has 1 fully saturated rings. The summed E-state index contributed by atoms with van der Waals surface area (Å²) in [4.78, 5) is 0.511. The lowest BCUT2D eigenvalue weighted by Gasteiger charge is -2.34. The zero-order valence-electron chi connectivity index (χ0n) is 13.9. The maximum Gasteiger partial charge on any atom is 0.243 e. The van der Waals surface area contributed by atoms with E-state index in [9.17, 15) is 8.42 Å². The standard InChI is InChI=1S/C16H26N2O2S/c1-10-9-17-7-8-18(10)21(19,20)16-14(5)12(3)11(2)13(4)15(16)6/h10,17H,7-9H2,1-6H3/t10-/m0/s1. The number of nitrogens with zero attached hydrogens (tertiary/aromatic N) is 1. The molecule has 1 atom stereocenters. The highest BCUT2D eigenvalue weighted by Gasteiger charge is 2.34. The van der Waals surface area contributed by atoms with Gasteiger partial charge >= 0.3 is 0 Å². The number of piperazine rings is 1. The molecule has 0 unspecified atom stereocenters. The molecule has 21 heavy (non-hydrogen) atoms. The molecule has 1 aromatic carbocycles. The number of hydrogen-bond donors (Lipinski definition) is 1. The van der Waals surface area contributed by atoms with Crippen LogP contribution in [0.15, 0.2) is 4.90 Å². The van der Waals surface area contributed by atoms with Crippen molar-refractivity contribution in [2.45, 2.75) is 52.5 Å². The van der Waals surface area contributed by atoms with Crippen LogP contribution in [0.1, 0.15) is 34.7 Å². The van der Waals surface area contributed by atoms with Gasteiger partial charge in [-0.3, -0.25) is 0 Å². The molecule has 118 valence electrons. The van der Waals surface area contributed by atoms with Crippen molar-refractivity contribution in [1.82, 2.24) is 9.62 Å². The van der Waals surface area contributed by atoms with Gasteiger partial charge in [0.1, 0.15) is 0 Å². The van der Waals surface area contributed by atoms with Crippen LogP contribution < -0.4 is 5.32 Å². The summed E-state index contributed by atoms with van der Waals surface area (Å²) in [5, 5.41) is 3.24. The topological polar surface area (TPSA) is 49.4 Å². The molecule has 0 saturated carbocycles. The van der Waals surface area contributed by atoms with Gasteiger partial charge in [-0.05, 0) is 69.4 Å². The summed E-state index contributed by atoms with van der Waals surface area (Å²) in [6.07, 6.45) is 0. The molecule has 5 heteroatoms. The van der Waals surface area contributed by atoms with Gasteiger partial charge < -0.3 is 5.32 Å². The molecular formula is C16H26N2O2S. The van der Waals surface area contributed by atoms with Crippen molar-refractivity contribution in [2.75, 3.05) is 19.6 Å². The summed E-state index contributed by atoms with van der Waals surface area (Å²) in [5.41, 5.74) is 5.14. The highest BCUT2D eigenvalue weighted by molar-refractivity contribution is 7.89. The fraction of sp³-hybridized carbons (Fsp3) is 0.625. The highest BCUT2D eigenvalue weighted by atomic mass is 32.2. The van der Waals surface area contributed by atoms with E-state index in [0.717, 1.165) is 22.3 Å². The van der Waals surface area contributed by atoms with Crippen molar-refractivity contribution < 1.29 is 8.42 Å². The smallest absolute Gasteiger partial charge is 0.243 e. The predicted molar refractivity (Wildman–Crippen MR) is 86.4 cm³/mol. The average molecular weight is 310 g/mol. The van der Waals surface area contributed by atoms with Crippen LogP contribution in [0.3, 0.4) is 0 Å². The minimum absolute atomic E-state index is 0.00975. The normalized spacial score (nSPS) is 20.8. The van der Waals surface area contributed by atoms with Crippen LogP contribution >= 0.6 is 0 Å². The summed E-state index contributed by atoms with van der Waals surface area (Å²) in [6.45, 7) is 13.9. The Morgan fingerprint density at radius 3 is 1.90 bits per heavy atom. The van der Waals surface area contributed by atoms with Crippen molar-refractivity contribution in [3.05, 3.63) is 27.8 Å². The Kier molecular flexibility index (Phi) is 4.47. The third kappa shape index (κ3) is 2.62. The Balaban J connectivity index is 2.65.